The van der Waals surface area contributed by atoms with Gasteiger partial charge in [-0.3, -0.25) is 4.18 Å². The van der Waals surface area contributed by atoms with E-state index in [0.717, 1.165) is 12.1 Å². The van der Waals surface area contributed by atoms with Crippen molar-refractivity contribution in [2.45, 2.75) is 17.5 Å². The fourth-order valence-corrected chi connectivity index (χ4v) is 2.04. The van der Waals surface area contributed by atoms with Gasteiger partial charge in [-0.25, -0.2) is 0 Å². The predicted molar refractivity (Wildman–Crippen MR) is 59.4 cm³/mol. The van der Waals surface area contributed by atoms with Crippen LogP contribution in [0.4, 0.5) is 13.2 Å². The number of halogens is 3. The second kappa shape index (κ2) is 5.53. The quantitative estimate of drug-likeness (QED) is 0.473. The van der Waals surface area contributed by atoms with Crippen LogP contribution in [0, 0.1) is 0 Å². The van der Waals surface area contributed by atoms with Crippen LogP contribution in [0.2, 0.25) is 0 Å². The third-order valence-corrected chi connectivity index (χ3v) is 3.36. The highest BCUT2D eigenvalue weighted by atomic mass is 32.2. The van der Waals surface area contributed by atoms with E-state index >= 15 is 0 Å². The monoisotopic (exact) mass is 280 g/mol. The van der Waals surface area contributed by atoms with Gasteiger partial charge in [0.25, 0.3) is 10.1 Å². The van der Waals surface area contributed by atoms with Gasteiger partial charge in [-0.1, -0.05) is 6.08 Å². The van der Waals surface area contributed by atoms with E-state index < -0.39 is 21.9 Å². The highest BCUT2D eigenvalue weighted by molar-refractivity contribution is 7.86. The summed E-state index contributed by atoms with van der Waals surface area (Å²) in [6, 6.07) is 3.13. The van der Waals surface area contributed by atoms with E-state index in [9.17, 15) is 21.6 Å². The molecule has 0 unspecified atom stereocenters. The van der Waals surface area contributed by atoms with E-state index in [2.05, 4.69) is 10.8 Å². The minimum Gasteiger partial charge on any atom is -0.266 e. The summed E-state index contributed by atoms with van der Waals surface area (Å²) in [5.41, 5.74) is -0.910. The molecule has 0 saturated heterocycles. The Labute approximate surface area is 103 Å². The number of benzene rings is 1. The fourth-order valence-electron chi connectivity index (χ4n) is 1.12. The van der Waals surface area contributed by atoms with Crippen molar-refractivity contribution >= 4 is 10.1 Å². The van der Waals surface area contributed by atoms with Gasteiger partial charge in [0.05, 0.1) is 17.1 Å². The van der Waals surface area contributed by atoms with Crippen molar-refractivity contribution in [1.82, 2.24) is 0 Å². The van der Waals surface area contributed by atoms with Crippen LogP contribution in [0.1, 0.15) is 12.0 Å². The molecule has 0 amide bonds. The van der Waals surface area contributed by atoms with Crippen LogP contribution in [0.15, 0.2) is 41.8 Å². The molecule has 0 radical (unpaired) electrons. The average Bonchev–Trinajstić information content (AvgIpc) is 2.28. The molecule has 0 N–H and O–H groups in total. The molecule has 0 aliphatic rings. The van der Waals surface area contributed by atoms with Crippen LogP contribution in [0.5, 0.6) is 0 Å². The lowest BCUT2D eigenvalue weighted by atomic mass is 10.2. The standard InChI is InChI=1S/C11H11F3O3S/c1-2-3-8-17-18(15,16)10-6-4-9(5-7-10)11(12,13)14/h2,4-7H,1,3,8H2. The average molecular weight is 280 g/mol. The van der Waals surface area contributed by atoms with Crippen molar-refractivity contribution in [3.8, 4) is 0 Å². The first-order valence-electron chi connectivity index (χ1n) is 4.95. The molecule has 0 aliphatic carbocycles. The Bertz CT molecular complexity index is 503. The van der Waals surface area contributed by atoms with E-state index in [4.69, 9.17) is 0 Å². The smallest absolute Gasteiger partial charge is 0.266 e. The molecule has 0 fully saturated rings. The van der Waals surface area contributed by atoms with E-state index in [1.807, 2.05) is 0 Å². The molecule has 0 saturated carbocycles. The lowest BCUT2D eigenvalue weighted by molar-refractivity contribution is -0.137. The molecule has 100 valence electrons. The van der Waals surface area contributed by atoms with Crippen LogP contribution in [0.3, 0.4) is 0 Å². The lowest BCUT2D eigenvalue weighted by Crippen LogP contribution is -2.09. The molecule has 7 heteroatoms. The number of alkyl halides is 3. The van der Waals surface area contributed by atoms with E-state index in [1.54, 1.807) is 0 Å². The second-order valence-electron chi connectivity index (χ2n) is 3.38. The van der Waals surface area contributed by atoms with Gasteiger partial charge >= 0.3 is 6.18 Å². The Kier molecular flexibility index (Phi) is 4.53. The summed E-state index contributed by atoms with van der Waals surface area (Å²) in [4.78, 5) is -0.306. The Balaban J connectivity index is 2.88. The first-order chi connectivity index (χ1) is 8.27. The van der Waals surface area contributed by atoms with Gasteiger partial charge in [-0.15, -0.1) is 6.58 Å². The van der Waals surface area contributed by atoms with E-state index in [1.165, 1.54) is 6.08 Å². The van der Waals surface area contributed by atoms with Crippen LogP contribution in [-0.4, -0.2) is 15.0 Å². The first-order valence-corrected chi connectivity index (χ1v) is 6.36. The van der Waals surface area contributed by atoms with Gasteiger partial charge in [0.1, 0.15) is 0 Å². The third-order valence-electron chi connectivity index (χ3n) is 2.03. The summed E-state index contributed by atoms with van der Waals surface area (Å²) in [5, 5.41) is 0. The number of hydrogen-bond donors (Lipinski definition) is 0. The van der Waals surface area contributed by atoms with Gasteiger partial charge in [-0.2, -0.15) is 21.6 Å². The molecular weight excluding hydrogens is 269 g/mol. The van der Waals surface area contributed by atoms with Crippen LogP contribution < -0.4 is 0 Å². The van der Waals surface area contributed by atoms with Gasteiger partial charge in [0, 0.05) is 0 Å². The number of hydrogen-bond acceptors (Lipinski definition) is 3. The minimum atomic E-state index is -4.49. The molecule has 1 aromatic carbocycles. The summed E-state index contributed by atoms with van der Waals surface area (Å²) >= 11 is 0. The van der Waals surface area contributed by atoms with Gasteiger partial charge < -0.3 is 0 Å². The normalized spacial score (nSPS) is 12.4. The molecule has 0 aliphatic heterocycles. The van der Waals surface area contributed by atoms with Crippen molar-refractivity contribution in [2.24, 2.45) is 0 Å². The Morgan fingerprint density at radius 3 is 2.22 bits per heavy atom. The SMILES string of the molecule is C=CCCOS(=O)(=O)c1ccc(C(F)(F)F)cc1. The van der Waals surface area contributed by atoms with E-state index in [0.29, 0.717) is 18.6 Å². The van der Waals surface area contributed by atoms with Crippen molar-refractivity contribution in [3.05, 3.63) is 42.5 Å². The molecule has 18 heavy (non-hydrogen) atoms. The topological polar surface area (TPSA) is 43.4 Å². The molecule has 1 rings (SSSR count). The summed E-state index contributed by atoms with van der Waals surface area (Å²) in [5.74, 6) is 0. The Morgan fingerprint density at radius 2 is 1.78 bits per heavy atom. The Hall–Kier alpha value is -1.34. The maximum atomic E-state index is 12.3. The molecule has 1 aromatic rings. The summed E-state index contributed by atoms with van der Waals surface area (Å²) in [7, 11) is -4.01. The predicted octanol–water partition coefficient (Wildman–Crippen LogP) is 2.99. The minimum absolute atomic E-state index is 0.0904. The van der Waals surface area contributed by atoms with Crippen molar-refractivity contribution < 1.29 is 25.8 Å². The second-order valence-corrected chi connectivity index (χ2v) is 4.99. The van der Waals surface area contributed by atoms with Gasteiger partial charge in [0.2, 0.25) is 0 Å². The zero-order chi connectivity index (χ0) is 13.8. The van der Waals surface area contributed by atoms with Gasteiger partial charge in [0.15, 0.2) is 0 Å². The molecular formula is C11H11F3O3S. The summed E-state index contributed by atoms with van der Waals surface area (Å²) in [6.45, 7) is 3.30. The molecule has 0 aromatic heterocycles. The van der Waals surface area contributed by atoms with Crippen molar-refractivity contribution in [2.75, 3.05) is 6.61 Å². The highest BCUT2D eigenvalue weighted by Gasteiger charge is 2.30. The fraction of sp³-hybridized carbons (Fsp3) is 0.273. The largest absolute Gasteiger partial charge is 0.416 e. The molecule has 0 spiro atoms. The van der Waals surface area contributed by atoms with Crippen LogP contribution >= 0.6 is 0 Å². The zero-order valence-corrected chi connectivity index (χ0v) is 10.1. The summed E-state index contributed by atoms with van der Waals surface area (Å²) < 4.78 is 64.5. The van der Waals surface area contributed by atoms with Crippen LogP contribution in [-0.2, 0) is 20.5 Å². The van der Waals surface area contributed by atoms with Gasteiger partial charge in [-0.05, 0) is 30.7 Å². The third kappa shape index (κ3) is 3.85. The highest BCUT2D eigenvalue weighted by Crippen LogP contribution is 2.29. The summed E-state index contributed by atoms with van der Waals surface area (Å²) in [6.07, 6.45) is -2.69. The van der Waals surface area contributed by atoms with Crippen LogP contribution in [0.25, 0.3) is 0 Å². The molecule has 0 heterocycles. The zero-order valence-electron chi connectivity index (χ0n) is 9.27. The lowest BCUT2D eigenvalue weighted by Gasteiger charge is -2.08. The van der Waals surface area contributed by atoms with E-state index in [-0.39, 0.29) is 11.5 Å². The Morgan fingerprint density at radius 1 is 1.22 bits per heavy atom. The van der Waals surface area contributed by atoms with Crippen molar-refractivity contribution in [3.63, 3.8) is 0 Å². The first kappa shape index (κ1) is 14.7. The molecule has 0 atom stereocenters. The van der Waals surface area contributed by atoms with Crippen molar-refractivity contribution in [1.29, 1.82) is 0 Å². The maximum Gasteiger partial charge on any atom is 0.416 e. The maximum absolute atomic E-state index is 12.3. The molecule has 0 bridgehead atoms. The molecule has 3 nitrogen and oxygen atoms in total. The number of rotatable bonds is 5.